The second kappa shape index (κ2) is 9.06. The largest absolute Gasteiger partial charge is 0.497 e. The molecule has 0 aliphatic rings. The molecule has 4 rings (SSSR count). The van der Waals surface area contributed by atoms with E-state index >= 15 is 0 Å². The Morgan fingerprint density at radius 2 is 1.90 bits per heavy atom. The van der Waals surface area contributed by atoms with E-state index in [4.69, 9.17) is 16.3 Å². The van der Waals surface area contributed by atoms with Gasteiger partial charge in [0.25, 0.3) is 5.56 Å². The Labute approximate surface area is 183 Å². The maximum absolute atomic E-state index is 12.8. The first-order valence-electron chi connectivity index (χ1n) is 9.78. The van der Waals surface area contributed by atoms with Gasteiger partial charge in [-0.2, -0.15) is 5.10 Å². The lowest BCUT2D eigenvalue weighted by atomic mass is 10.1. The molecule has 2 aromatic carbocycles. The van der Waals surface area contributed by atoms with Crippen molar-refractivity contribution in [3.05, 3.63) is 87.9 Å². The summed E-state index contributed by atoms with van der Waals surface area (Å²) < 4.78 is 8.30. The molecular weight excluding hydrogens is 416 g/mol. The minimum Gasteiger partial charge on any atom is -0.497 e. The van der Waals surface area contributed by atoms with E-state index in [1.165, 1.54) is 0 Å². The van der Waals surface area contributed by atoms with Crippen LogP contribution in [0.5, 0.6) is 5.75 Å². The predicted molar refractivity (Wildman–Crippen MR) is 120 cm³/mol. The summed E-state index contributed by atoms with van der Waals surface area (Å²) in [4.78, 5) is 25.0. The first-order valence-corrected chi connectivity index (χ1v) is 10.2. The second-order valence-electron chi connectivity index (χ2n) is 7.00. The molecule has 0 atom stereocenters. The zero-order valence-corrected chi connectivity index (χ0v) is 17.7. The Morgan fingerprint density at radius 3 is 2.65 bits per heavy atom. The van der Waals surface area contributed by atoms with Crippen molar-refractivity contribution in [2.45, 2.75) is 13.0 Å². The van der Waals surface area contributed by atoms with E-state index in [2.05, 4.69) is 10.4 Å². The third-order valence-electron chi connectivity index (χ3n) is 4.97. The van der Waals surface area contributed by atoms with E-state index in [-0.39, 0.29) is 17.9 Å². The molecule has 2 aromatic heterocycles. The number of hydrogen-bond acceptors (Lipinski definition) is 4. The predicted octanol–water partition coefficient (Wildman–Crippen LogP) is 3.18. The minimum absolute atomic E-state index is 0.145. The molecule has 0 saturated heterocycles. The van der Waals surface area contributed by atoms with Crippen LogP contribution in [0.1, 0.15) is 5.56 Å². The maximum atomic E-state index is 12.8. The van der Waals surface area contributed by atoms with Gasteiger partial charge in [0, 0.05) is 36.1 Å². The van der Waals surface area contributed by atoms with Crippen molar-refractivity contribution >= 4 is 23.0 Å². The third-order valence-corrected chi connectivity index (χ3v) is 5.34. The Bertz CT molecular complexity index is 1280. The molecule has 0 saturated carbocycles. The van der Waals surface area contributed by atoms with Crippen LogP contribution in [0.25, 0.3) is 16.8 Å². The number of ether oxygens (including phenoxy) is 1. The number of carbonyl (C=O) groups excluding carboxylic acids is 1. The lowest BCUT2D eigenvalue weighted by Gasteiger charge is -2.08. The zero-order valence-electron chi connectivity index (χ0n) is 16.9. The van der Waals surface area contributed by atoms with Crippen LogP contribution in [-0.2, 0) is 17.8 Å². The first-order chi connectivity index (χ1) is 15.0. The van der Waals surface area contributed by atoms with Crippen LogP contribution in [0.15, 0.2) is 71.8 Å². The Morgan fingerprint density at radius 1 is 1.13 bits per heavy atom. The minimum atomic E-state index is -0.171. The molecule has 31 heavy (non-hydrogen) atoms. The molecule has 0 bridgehead atoms. The molecule has 1 N–H and O–H groups in total. The van der Waals surface area contributed by atoms with E-state index < -0.39 is 0 Å². The number of carbonyl (C=O) groups is 1. The van der Waals surface area contributed by atoms with Crippen LogP contribution in [0.2, 0.25) is 5.02 Å². The van der Waals surface area contributed by atoms with Crippen molar-refractivity contribution in [2.24, 2.45) is 0 Å². The number of methoxy groups -OCH3 is 1. The van der Waals surface area contributed by atoms with Crippen molar-refractivity contribution in [1.82, 2.24) is 19.5 Å². The fourth-order valence-electron chi connectivity index (χ4n) is 3.30. The molecule has 0 unspecified atom stereocenters. The van der Waals surface area contributed by atoms with Crippen LogP contribution >= 0.6 is 11.6 Å². The van der Waals surface area contributed by atoms with Gasteiger partial charge in [-0.1, -0.05) is 29.8 Å². The van der Waals surface area contributed by atoms with Gasteiger partial charge in [0.05, 0.1) is 19.2 Å². The molecule has 8 heteroatoms. The molecule has 158 valence electrons. The van der Waals surface area contributed by atoms with Gasteiger partial charge in [0.1, 0.15) is 11.3 Å². The van der Waals surface area contributed by atoms with Gasteiger partial charge < -0.3 is 14.6 Å². The van der Waals surface area contributed by atoms with Crippen LogP contribution in [0, 0.1) is 0 Å². The molecule has 0 spiro atoms. The van der Waals surface area contributed by atoms with Gasteiger partial charge in [-0.25, -0.2) is 4.52 Å². The van der Waals surface area contributed by atoms with Gasteiger partial charge in [-0.05, 0) is 42.0 Å². The summed E-state index contributed by atoms with van der Waals surface area (Å²) in [6, 6.07) is 16.5. The third kappa shape index (κ3) is 4.62. The van der Waals surface area contributed by atoms with Crippen LogP contribution in [-0.4, -0.2) is 33.7 Å². The van der Waals surface area contributed by atoms with Gasteiger partial charge in [-0.15, -0.1) is 0 Å². The molecule has 0 aliphatic heterocycles. The van der Waals surface area contributed by atoms with E-state index in [9.17, 15) is 9.59 Å². The van der Waals surface area contributed by atoms with E-state index in [1.54, 1.807) is 40.7 Å². The van der Waals surface area contributed by atoms with Gasteiger partial charge in [-0.3, -0.25) is 9.59 Å². The van der Waals surface area contributed by atoms with Gasteiger partial charge >= 0.3 is 0 Å². The molecular formula is C23H21ClN4O3. The van der Waals surface area contributed by atoms with E-state index in [0.29, 0.717) is 29.3 Å². The molecule has 4 aromatic rings. The summed E-state index contributed by atoms with van der Waals surface area (Å²) >= 11 is 6.10. The summed E-state index contributed by atoms with van der Waals surface area (Å²) in [6.07, 6.45) is 3.59. The number of amides is 1. The standard InChI is InChI=1S/C23H21ClN4O3/c1-31-18-8-6-16(7-9-18)20-15-21-23(30)27(12-13-28(21)26-20)11-10-25-22(29)14-17-4-2-3-5-19(17)24/h2-9,12-13,15H,10-11,14H2,1H3,(H,25,29). The number of aromatic nitrogens is 3. The second-order valence-corrected chi connectivity index (χ2v) is 7.41. The number of hydrogen-bond donors (Lipinski definition) is 1. The number of halogens is 1. The van der Waals surface area contributed by atoms with Crippen LogP contribution in [0.3, 0.4) is 0 Å². The average Bonchev–Trinajstić information content (AvgIpc) is 3.22. The smallest absolute Gasteiger partial charge is 0.276 e. The topological polar surface area (TPSA) is 77.6 Å². The summed E-state index contributed by atoms with van der Waals surface area (Å²) in [5.74, 6) is 0.611. The van der Waals surface area contributed by atoms with Crippen LogP contribution in [0.4, 0.5) is 0 Å². The quantitative estimate of drug-likeness (QED) is 0.482. The highest BCUT2D eigenvalue weighted by Crippen LogP contribution is 2.21. The van der Waals surface area contributed by atoms with Crippen molar-refractivity contribution in [3.63, 3.8) is 0 Å². The number of benzene rings is 2. The summed E-state index contributed by atoms with van der Waals surface area (Å²) in [6.45, 7) is 0.686. The van der Waals surface area contributed by atoms with Crippen LogP contribution < -0.4 is 15.6 Å². The van der Waals surface area contributed by atoms with Crippen molar-refractivity contribution in [3.8, 4) is 17.0 Å². The average molecular weight is 437 g/mol. The zero-order chi connectivity index (χ0) is 21.8. The van der Waals surface area contributed by atoms with Gasteiger partial charge in [0.2, 0.25) is 5.91 Å². The number of nitrogens with one attached hydrogen (secondary N) is 1. The number of rotatable bonds is 7. The lowest BCUT2D eigenvalue weighted by molar-refractivity contribution is -0.120. The lowest BCUT2D eigenvalue weighted by Crippen LogP contribution is -2.32. The molecule has 7 nitrogen and oxygen atoms in total. The fourth-order valence-corrected chi connectivity index (χ4v) is 3.50. The molecule has 0 aliphatic carbocycles. The molecule has 0 fully saturated rings. The van der Waals surface area contributed by atoms with E-state index in [0.717, 1.165) is 16.9 Å². The molecule has 0 radical (unpaired) electrons. The summed E-state index contributed by atoms with van der Waals surface area (Å²) in [5.41, 5.74) is 2.66. The highest BCUT2D eigenvalue weighted by atomic mass is 35.5. The van der Waals surface area contributed by atoms with Gasteiger partial charge in [0.15, 0.2) is 0 Å². The highest BCUT2D eigenvalue weighted by molar-refractivity contribution is 6.31. The fraction of sp³-hybridized carbons (Fsp3) is 0.174. The molecule has 2 heterocycles. The van der Waals surface area contributed by atoms with Crippen molar-refractivity contribution < 1.29 is 9.53 Å². The number of nitrogens with zero attached hydrogens (tertiary/aromatic N) is 3. The van der Waals surface area contributed by atoms with Crippen molar-refractivity contribution in [1.29, 1.82) is 0 Å². The van der Waals surface area contributed by atoms with Crippen molar-refractivity contribution in [2.75, 3.05) is 13.7 Å². The summed E-state index contributed by atoms with van der Waals surface area (Å²) in [5, 5.41) is 7.88. The Kier molecular flexibility index (Phi) is 6.04. The first kappa shape index (κ1) is 20.7. The number of fused-ring (bicyclic) bond motifs is 1. The SMILES string of the molecule is COc1ccc(-c2cc3c(=O)n(CCNC(=O)Cc4ccccc4Cl)ccn3n2)cc1. The monoisotopic (exact) mass is 436 g/mol. The highest BCUT2D eigenvalue weighted by Gasteiger charge is 2.10. The normalized spacial score (nSPS) is 10.9. The Balaban J connectivity index is 1.43. The maximum Gasteiger partial charge on any atom is 0.276 e. The molecule has 1 amide bonds. The van der Waals surface area contributed by atoms with E-state index in [1.807, 2.05) is 42.5 Å². The summed E-state index contributed by atoms with van der Waals surface area (Å²) in [7, 11) is 1.61. The Hall–Kier alpha value is -3.58.